The van der Waals surface area contributed by atoms with Crippen molar-refractivity contribution in [3.8, 4) is 0 Å². The average Bonchev–Trinajstić information content (AvgIpc) is 2.64. The van der Waals surface area contributed by atoms with Crippen LogP contribution in [0.4, 0.5) is 0 Å². The summed E-state index contributed by atoms with van der Waals surface area (Å²) in [5, 5.41) is 1.75. The van der Waals surface area contributed by atoms with Crippen molar-refractivity contribution in [2.24, 2.45) is 23.2 Å². The number of aromatic nitrogens is 1. The van der Waals surface area contributed by atoms with Crippen molar-refractivity contribution in [3.05, 3.63) is 42.2 Å². The minimum Gasteiger partial charge on any atom is -0.273 e. The molecule has 0 unspecified atom stereocenters. The van der Waals surface area contributed by atoms with E-state index in [1.807, 2.05) is 30.3 Å². The number of rotatable bonds is 2. The maximum absolute atomic E-state index is 12.9. The predicted molar refractivity (Wildman–Crippen MR) is 98.0 cm³/mol. The summed E-state index contributed by atoms with van der Waals surface area (Å²) in [6.45, 7) is 0. The third-order valence-corrected chi connectivity index (χ3v) is 6.70. The first kappa shape index (κ1) is 15.8. The van der Waals surface area contributed by atoms with Gasteiger partial charge in [-0.15, -0.1) is 0 Å². The van der Waals surface area contributed by atoms with E-state index >= 15 is 0 Å². The minimum atomic E-state index is -0.361. The predicted octanol–water partition coefficient (Wildman–Crippen LogP) is 3.21. The van der Waals surface area contributed by atoms with Crippen LogP contribution in [0.3, 0.4) is 0 Å². The Morgan fingerprint density at radius 2 is 1.58 bits per heavy atom. The third kappa shape index (κ3) is 2.49. The van der Waals surface area contributed by atoms with Gasteiger partial charge in [0.2, 0.25) is 5.91 Å². The molecule has 5 nitrogen and oxygen atoms in total. The van der Waals surface area contributed by atoms with E-state index in [0.717, 1.165) is 30.0 Å². The van der Waals surface area contributed by atoms with Crippen molar-refractivity contribution in [2.45, 2.75) is 38.5 Å². The molecule has 6 rings (SSSR count). The molecule has 0 saturated heterocycles. The zero-order chi connectivity index (χ0) is 17.7. The maximum atomic E-state index is 12.9. The summed E-state index contributed by atoms with van der Waals surface area (Å²) in [5.41, 5.74) is 5.41. The summed E-state index contributed by atoms with van der Waals surface area (Å²) in [6, 6.07) is 9.51. The fraction of sp³-hybridized carbons (Fsp3) is 0.476. The van der Waals surface area contributed by atoms with Crippen molar-refractivity contribution in [2.75, 3.05) is 0 Å². The number of hydrogen-bond acceptors (Lipinski definition) is 3. The Morgan fingerprint density at radius 3 is 2.27 bits per heavy atom. The number of amides is 2. The van der Waals surface area contributed by atoms with Crippen molar-refractivity contribution >= 4 is 22.6 Å². The van der Waals surface area contributed by atoms with E-state index in [1.165, 1.54) is 19.3 Å². The van der Waals surface area contributed by atoms with Crippen LogP contribution in [0.15, 0.2) is 36.5 Å². The number of nitrogens with zero attached hydrogens (tertiary/aromatic N) is 1. The van der Waals surface area contributed by atoms with Gasteiger partial charge in [0.1, 0.15) is 5.69 Å². The van der Waals surface area contributed by atoms with Crippen molar-refractivity contribution in [1.29, 1.82) is 0 Å². The topological polar surface area (TPSA) is 71.1 Å². The Labute approximate surface area is 152 Å². The molecule has 0 spiro atoms. The van der Waals surface area contributed by atoms with E-state index in [0.29, 0.717) is 23.4 Å². The Morgan fingerprint density at radius 1 is 0.923 bits per heavy atom. The number of pyridine rings is 1. The SMILES string of the molecule is O=C(NNC(=O)C12CC3CC(CC(C3)C1)C2)c1nccc2ccccc12. The molecule has 2 N–H and O–H groups in total. The highest BCUT2D eigenvalue weighted by atomic mass is 16.2. The van der Waals surface area contributed by atoms with Gasteiger partial charge in [0, 0.05) is 11.6 Å². The number of carbonyl (C=O) groups excluding carboxylic acids is 2. The van der Waals surface area contributed by atoms with Crippen LogP contribution < -0.4 is 10.9 Å². The Bertz CT molecular complexity index is 851. The summed E-state index contributed by atoms with van der Waals surface area (Å²) in [5.74, 6) is 1.72. The highest BCUT2D eigenvalue weighted by molar-refractivity contribution is 6.05. The van der Waals surface area contributed by atoms with E-state index in [-0.39, 0.29) is 17.2 Å². The third-order valence-electron chi connectivity index (χ3n) is 6.70. The van der Waals surface area contributed by atoms with E-state index < -0.39 is 0 Å². The lowest BCUT2D eigenvalue weighted by Crippen LogP contribution is -2.56. The molecule has 5 heteroatoms. The second-order valence-electron chi connectivity index (χ2n) is 8.49. The van der Waals surface area contributed by atoms with Crippen LogP contribution in [-0.2, 0) is 4.79 Å². The van der Waals surface area contributed by atoms with Crippen LogP contribution in [0.1, 0.15) is 49.0 Å². The number of nitrogens with one attached hydrogen (secondary N) is 2. The van der Waals surface area contributed by atoms with Crippen LogP contribution in [0, 0.1) is 23.2 Å². The Hall–Kier alpha value is -2.43. The average molecular weight is 349 g/mol. The standard InChI is InChI=1S/C21H23N3O2/c25-19(18-17-4-2-1-3-16(17)5-6-22-18)23-24-20(26)21-10-13-7-14(11-21)9-15(8-13)12-21/h1-6,13-15H,7-12H2,(H,23,25)(H,24,26). The molecule has 4 bridgehead atoms. The summed E-state index contributed by atoms with van der Waals surface area (Å²) >= 11 is 0. The normalized spacial score (nSPS) is 31.8. The first-order chi connectivity index (χ1) is 12.6. The first-order valence-electron chi connectivity index (χ1n) is 9.57. The molecule has 4 fully saturated rings. The van der Waals surface area contributed by atoms with Crippen LogP contribution in [0.5, 0.6) is 0 Å². The second-order valence-corrected chi connectivity index (χ2v) is 8.49. The zero-order valence-corrected chi connectivity index (χ0v) is 14.7. The first-order valence-corrected chi connectivity index (χ1v) is 9.57. The number of fused-ring (bicyclic) bond motifs is 1. The second kappa shape index (κ2) is 5.79. The summed E-state index contributed by atoms with van der Waals surface area (Å²) < 4.78 is 0. The van der Waals surface area contributed by atoms with Gasteiger partial charge in [-0.05, 0) is 67.7 Å². The molecule has 2 aromatic rings. The molecule has 4 aliphatic carbocycles. The van der Waals surface area contributed by atoms with Gasteiger partial charge in [0.15, 0.2) is 0 Å². The van der Waals surface area contributed by atoms with Gasteiger partial charge in [-0.2, -0.15) is 0 Å². The molecule has 134 valence electrons. The van der Waals surface area contributed by atoms with E-state index in [9.17, 15) is 9.59 Å². The number of hydrogen-bond donors (Lipinski definition) is 2. The lowest BCUT2D eigenvalue weighted by Gasteiger charge is -2.55. The van der Waals surface area contributed by atoms with Crippen LogP contribution >= 0.6 is 0 Å². The highest BCUT2D eigenvalue weighted by Gasteiger charge is 2.54. The monoisotopic (exact) mass is 349 g/mol. The van der Waals surface area contributed by atoms with E-state index in [2.05, 4.69) is 15.8 Å². The summed E-state index contributed by atoms with van der Waals surface area (Å²) in [7, 11) is 0. The molecule has 0 atom stereocenters. The van der Waals surface area contributed by atoms with Gasteiger partial charge in [0.05, 0.1) is 5.41 Å². The van der Waals surface area contributed by atoms with Crippen LogP contribution in [0.2, 0.25) is 0 Å². The van der Waals surface area contributed by atoms with Crippen molar-refractivity contribution in [1.82, 2.24) is 15.8 Å². The highest BCUT2D eigenvalue weighted by Crippen LogP contribution is 2.60. The van der Waals surface area contributed by atoms with Gasteiger partial charge in [-0.3, -0.25) is 25.4 Å². The van der Waals surface area contributed by atoms with Crippen LogP contribution in [-0.4, -0.2) is 16.8 Å². The fourth-order valence-corrected chi connectivity index (χ4v) is 5.99. The molecule has 0 radical (unpaired) electrons. The molecule has 4 saturated carbocycles. The lowest BCUT2D eigenvalue weighted by atomic mass is 9.49. The molecule has 26 heavy (non-hydrogen) atoms. The van der Waals surface area contributed by atoms with Crippen molar-refractivity contribution < 1.29 is 9.59 Å². The van der Waals surface area contributed by atoms with Gasteiger partial charge in [0.25, 0.3) is 5.91 Å². The lowest BCUT2D eigenvalue weighted by molar-refractivity contribution is -0.147. The molecule has 1 aromatic carbocycles. The molecule has 1 aromatic heterocycles. The molecular formula is C21H23N3O2. The quantitative estimate of drug-likeness (QED) is 0.818. The van der Waals surface area contributed by atoms with E-state index in [1.54, 1.807) is 6.20 Å². The molecule has 1 heterocycles. The van der Waals surface area contributed by atoms with Gasteiger partial charge < -0.3 is 0 Å². The molecule has 2 amide bonds. The molecule has 0 aliphatic heterocycles. The zero-order valence-electron chi connectivity index (χ0n) is 14.7. The van der Waals surface area contributed by atoms with Gasteiger partial charge in [-0.1, -0.05) is 24.3 Å². The van der Waals surface area contributed by atoms with Crippen molar-refractivity contribution in [3.63, 3.8) is 0 Å². The van der Waals surface area contributed by atoms with Gasteiger partial charge >= 0.3 is 0 Å². The smallest absolute Gasteiger partial charge is 0.273 e. The molecular weight excluding hydrogens is 326 g/mol. The van der Waals surface area contributed by atoms with Gasteiger partial charge in [-0.25, -0.2) is 0 Å². The number of carbonyl (C=O) groups is 2. The number of hydrazine groups is 1. The summed E-state index contributed by atoms with van der Waals surface area (Å²) in [6.07, 6.45) is 8.43. The maximum Gasteiger partial charge on any atom is 0.288 e. The Balaban J connectivity index is 1.31. The minimum absolute atomic E-state index is 0.00909. The fourth-order valence-electron chi connectivity index (χ4n) is 5.99. The largest absolute Gasteiger partial charge is 0.288 e. The molecule has 4 aliphatic rings. The van der Waals surface area contributed by atoms with Crippen LogP contribution in [0.25, 0.3) is 10.8 Å². The van der Waals surface area contributed by atoms with E-state index in [4.69, 9.17) is 0 Å². The Kier molecular flexibility index (Phi) is 3.52. The number of benzene rings is 1. The summed E-state index contributed by atoms with van der Waals surface area (Å²) in [4.78, 5) is 29.8.